The zero-order chi connectivity index (χ0) is 23.1. The molecule has 1 N–H and O–H groups in total. The van der Waals surface area contributed by atoms with Gasteiger partial charge in [-0.25, -0.2) is 4.68 Å². The van der Waals surface area contributed by atoms with Crippen molar-refractivity contribution in [3.8, 4) is 0 Å². The van der Waals surface area contributed by atoms with Crippen LogP contribution < -0.4 is 10.9 Å². The molecular weight excluding hydrogens is 404 g/mol. The van der Waals surface area contributed by atoms with Gasteiger partial charge in [-0.1, -0.05) is 58.2 Å². The summed E-state index contributed by atoms with van der Waals surface area (Å²) in [4.78, 5) is 40.7. The van der Waals surface area contributed by atoms with Crippen molar-refractivity contribution in [3.05, 3.63) is 40.3 Å². The molecule has 2 amide bonds. The summed E-state index contributed by atoms with van der Waals surface area (Å²) in [5.74, 6) is -0.155. The van der Waals surface area contributed by atoms with Crippen LogP contribution in [0.15, 0.2) is 29.1 Å². The topological polar surface area (TPSA) is 84.3 Å². The summed E-state index contributed by atoms with van der Waals surface area (Å²) in [6.07, 6.45) is 6.02. The Hall–Kier alpha value is -2.70. The minimum absolute atomic E-state index is 0.0293. The maximum absolute atomic E-state index is 13.5. The van der Waals surface area contributed by atoms with Crippen LogP contribution in [0, 0.1) is 11.8 Å². The predicted octanol–water partition coefficient (Wildman–Crippen LogP) is 3.60. The number of likely N-dealkylation sites (tertiary alicyclic amines) is 1. The van der Waals surface area contributed by atoms with E-state index >= 15 is 0 Å². The monoisotopic (exact) mass is 440 g/mol. The van der Waals surface area contributed by atoms with E-state index in [1.54, 1.807) is 23.1 Å². The average Bonchev–Trinajstić information content (AvgIpc) is 2.80. The smallest absolute Gasteiger partial charge is 0.274 e. The Morgan fingerprint density at radius 2 is 1.91 bits per heavy atom. The summed E-state index contributed by atoms with van der Waals surface area (Å²) >= 11 is 0. The Morgan fingerprint density at radius 3 is 2.62 bits per heavy atom. The minimum Gasteiger partial charge on any atom is -0.356 e. The number of carbonyl (C=O) groups excluding carboxylic acids is 2. The molecule has 1 aliphatic rings. The molecule has 0 radical (unpaired) electrons. The van der Waals surface area contributed by atoms with E-state index in [2.05, 4.69) is 17.3 Å². The molecule has 1 saturated heterocycles. The fourth-order valence-electron chi connectivity index (χ4n) is 4.30. The number of benzene rings is 1. The number of carbonyl (C=O) groups is 2. The number of amides is 2. The summed E-state index contributed by atoms with van der Waals surface area (Å²) in [6, 6.07) is 7.15. The Labute approximate surface area is 190 Å². The molecule has 174 valence electrons. The van der Waals surface area contributed by atoms with Crippen molar-refractivity contribution >= 4 is 22.6 Å². The standard InChI is InChI=1S/C25H36N4O3/c1-4-5-6-9-14-26-23(30)19-11-10-15-28(17-19)25(32)22-20-12-7-8-13-21(20)24(31)29(27-22)16-18(2)3/h7-8,12-13,18-19H,4-6,9-11,14-17H2,1-3H3,(H,26,30). The van der Waals surface area contributed by atoms with E-state index in [4.69, 9.17) is 0 Å². The third kappa shape index (κ3) is 5.75. The molecule has 0 bridgehead atoms. The summed E-state index contributed by atoms with van der Waals surface area (Å²) in [6.45, 7) is 8.32. The van der Waals surface area contributed by atoms with Gasteiger partial charge >= 0.3 is 0 Å². The fraction of sp³-hybridized carbons (Fsp3) is 0.600. The lowest BCUT2D eigenvalue weighted by atomic mass is 9.96. The van der Waals surface area contributed by atoms with Crippen molar-refractivity contribution in [2.45, 2.75) is 65.8 Å². The Morgan fingerprint density at radius 1 is 1.16 bits per heavy atom. The highest BCUT2D eigenvalue weighted by atomic mass is 16.2. The normalized spacial score (nSPS) is 16.5. The van der Waals surface area contributed by atoms with Crippen molar-refractivity contribution < 1.29 is 9.59 Å². The van der Waals surface area contributed by atoms with Gasteiger partial charge < -0.3 is 10.2 Å². The van der Waals surface area contributed by atoms with Gasteiger partial charge in [0.2, 0.25) is 5.91 Å². The number of aromatic nitrogens is 2. The lowest BCUT2D eigenvalue weighted by Crippen LogP contribution is -2.46. The molecule has 1 fully saturated rings. The molecule has 1 unspecified atom stereocenters. The van der Waals surface area contributed by atoms with Gasteiger partial charge in [0.05, 0.1) is 11.3 Å². The van der Waals surface area contributed by atoms with Crippen molar-refractivity contribution in [1.82, 2.24) is 20.0 Å². The number of rotatable bonds is 9. The number of nitrogens with zero attached hydrogens (tertiary/aromatic N) is 3. The van der Waals surface area contributed by atoms with Crippen LogP contribution in [0.2, 0.25) is 0 Å². The van der Waals surface area contributed by atoms with Gasteiger partial charge in [0.25, 0.3) is 11.5 Å². The van der Waals surface area contributed by atoms with Gasteiger partial charge in [0.15, 0.2) is 5.69 Å². The van der Waals surface area contributed by atoms with Gasteiger partial charge in [0, 0.05) is 31.6 Å². The molecule has 32 heavy (non-hydrogen) atoms. The Bertz CT molecular complexity index is 998. The van der Waals surface area contributed by atoms with Crippen molar-refractivity contribution in [1.29, 1.82) is 0 Å². The van der Waals surface area contributed by atoms with E-state index in [-0.39, 0.29) is 29.2 Å². The van der Waals surface area contributed by atoms with Crippen LogP contribution in [0.25, 0.3) is 10.8 Å². The lowest BCUT2D eigenvalue weighted by Gasteiger charge is -2.32. The second kappa shape index (κ2) is 11.2. The molecule has 1 aromatic carbocycles. The van der Waals surface area contributed by atoms with Crippen LogP contribution in [0.3, 0.4) is 0 Å². The van der Waals surface area contributed by atoms with Gasteiger partial charge in [0.1, 0.15) is 0 Å². The Kier molecular flexibility index (Phi) is 8.42. The predicted molar refractivity (Wildman–Crippen MR) is 127 cm³/mol. The third-order valence-corrected chi connectivity index (χ3v) is 6.02. The first kappa shape index (κ1) is 24.0. The van der Waals surface area contributed by atoms with Crippen molar-refractivity contribution in [3.63, 3.8) is 0 Å². The molecule has 2 aromatic rings. The highest BCUT2D eigenvalue weighted by Gasteiger charge is 2.30. The third-order valence-electron chi connectivity index (χ3n) is 6.02. The number of unbranched alkanes of at least 4 members (excludes halogenated alkanes) is 3. The van der Waals surface area contributed by atoms with E-state index < -0.39 is 0 Å². The SMILES string of the molecule is CCCCCCNC(=O)C1CCCN(C(=O)c2nn(CC(C)C)c(=O)c3ccccc23)C1. The van der Waals surface area contributed by atoms with Crippen LogP contribution in [0.1, 0.15) is 69.8 Å². The molecule has 1 aromatic heterocycles. The Balaban J connectivity index is 1.77. The molecule has 3 rings (SSSR count). The van der Waals surface area contributed by atoms with Crippen LogP contribution in [0.4, 0.5) is 0 Å². The van der Waals surface area contributed by atoms with Crippen LogP contribution in [0.5, 0.6) is 0 Å². The van der Waals surface area contributed by atoms with Crippen LogP contribution >= 0.6 is 0 Å². The highest BCUT2D eigenvalue weighted by molar-refractivity contribution is 6.05. The van der Waals surface area contributed by atoms with Crippen LogP contribution in [-0.2, 0) is 11.3 Å². The molecular formula is C25H36N4O3. The highest BCUT2D eigenvalue weighted by Crippen LogP contribution is 2.21. The fourth-order valence-corrected chi connectivity index (χ4v) is 4.30. The first-order valence-corrected chi connectivity index (χ1v) is 12.0. The summed E-state index contributed by atoms with van der Waals surface area (Å²) < 4.78 is 1.41. The molecule has 0 saturated carbocycles. The van der Waals surface area contributed by atoms with Crippen molar-refractivity contribution in [2.75, 3.05) is 19.6 Å². The molecule has 7 nitrogen and oxygen atoms in total. The van der Waals surface area contributed by atoms with E-state index in [9.17, 15) is 14.4 Å². The van der Waals surface area contributed by atoms with Crippen molar-refractivity contribution in [2.24, 2.45) is 11.8 Å². The zero-order valence-electron chi connectivity index (χ0n) is 19.6. The summed E-state index contributed by atoms with van der Waals surface area (Å²) in [5.41, 5.74) is 0.117. The first-order valence-electron chi connectivity index (χ1n) is 12.0. The van der Waals surface area contributed by atoms with Gasteiger partial charge in [-0.05, 0) is 31.2 Å². The van der Waals surface area contributed by atoms with E-state index in [0.29, 0.717) is 42.6 Å². The maximum atomic E-state index is 13.5. The second-order valence-electron chi connectivity index (χ2n) is 9.22. The number of hydrogen-bond acceptors (Lipinski definition) is 4. The number of hydrogen-bond donors (Lipinski definition) is 1. The number of piperidine rings is 1. The molecule has 0 aliphatic carbocycles. The lowest BCUT2D eigenvalue weighted by molar-refractivity contribution is -0.126. The van der Waals surface area contributed by atoms with E-state index in [1.165, 1.54) is 17.5 Å². The van der Waals surface area contributed by atoms with E-state index in [1.807, 2.05) is 19.9 Å². The second-order valence-corrected chi connectivity index (χ2v) is 9.22. The van der Waals surface area contributed by atoms with Crippen LogP contribution in [-0.4, -0.2) is 46.1 Å². The zero-order valence-corrected chi connectivity index (χ0v) is 19.6. The van der Waals surface area contributed by atoms with Gasteiger partial charge in [-0.15, -0.1) is 0 Å². The molecule has 7 heteroatoms. The van der Waals surface area contributed by atoms with Gasteiger partial charge in [-0.3, -0.25) is 14.4 Å². The number of fused-ring (bicyclic) bond motifs is 1. The summed E-state index contributed by atoms with van der Waals surface area (Å²) in [5, 5.41) is 8.60. The van der Waals surface area contributed by atoms with Gasteiger partial charge in [-0.2, -0.15) is 5.10 Å². The average molecular weight is 441 g/mol. The maximum Gasteiger partial charge on any atom is 0.274 e. The summed E-state index contributed by atoms with van der Waals surface area (Å²) in [7, 11) is 0. The molecule has 2 heterocycles. The first-order chi connectivity index (χ1) is 15.4. The minimum atomic E-state index is -0.209. The number of nitrogens with one attached hydrogen (secondary N) is 1. The van der Waals surface area contributed by atoms with E-state index in [0.717, 1.165) is 25.7 Å². The molecule has 1 atom stereocenters. The molecule has 1 aliphatic heterocycles. The molecule has 0 spiro atoms. The quantitative estimate of drug-likeness (QED) is 0.604. The largest absolute Gasteiger partial charge is 0.356 e.